The fourth-order valence-electron chi connectivity index (χ4n) is 1.32. The lowest BCUT2D eigenvalue weighted by molar-refractivity contribution is -0.385. The van der Waals surface area contributed by atoms with Crippen LogP contribution in [0.15, 0.2) is 24.3 Å². The molecule has 1 aromatic carbocycles. The Hall–Kier alpha value is -1.95. The molecule has 1 amide bonds. The molecule has 0 aliphatic rings. The van der Waals surface area contributed by atoms with E-state index in [0.29, 0.717) is 5.56 Å². The number of nitro groups is 1. The lowest BCUT2D eigenvalue weighted by atomic mass is 10.1. The Kier molecular flexibility index (Phi) is 4.38. The number of ether oxygens (including phenoxy) is 1. The molecule has 0 aliphatic carbocycles. The van der Waals surface area contributed by atoms with E-state index < -0.39 is 10.5 Å². The summed E-state index contributed by atoms with van der Waals surface area (Å²) in [6.45, 7) is 3.35. The van der Waals surface area contributed by atoms with Gasteiger partial charge in [-0.15, -0.1) is 0 Å². The van der Waals surface area contributed by atoms with Crippen LogP contribution in [-0.4, -0.2) is 23.5 Å². The third kappa shape index (κ3) is 3.27. The van der Waals surface area contributed by atoms with E-state index in [1.54, 1.807) is 32.0 Å². The number of amides is 1. The van der Waals surface area contributed by atoms with Crippen LogP contribution < -0.4 is 5.32 Å². The van der Waals surface area contributed by atoms with Crippen LogP contribution in [0.3, 0.4) is 0 Å². The average molecular weight is 252 g/mol. The summed E-state index contributed by atoms with van der Waals surface area (Å²) in [5, 5.41) is 13.4. The summed E-state index contributed by atoms with van der Waals surface area (Å²) >= 11 is 0. The van der Waals surface area contributed by atoms with Gasteiger partial charge in [-0.3, -0.25) is 14.9 Å². The fourth-order valence-corrected chi connectivity index (χ4v) is 1.32. The molecule has 1 rings (SSSR count). The number of nitrogens with one attached hydrogen (secondary N) is 1. The molecule has 0 radical (unpaired) electrons. The number of methoxy groups -OCH3 is 1. The molecule has 0 fully saturated rings. The van der Waals surface area contributed by atoms with E-state index in [4.69, 9.17) is 4.74 Å². The van der Waals surface area contributed by atoms with Crippen molar-refractivity contribution in [3.05, 3.63) is 39.9 Å². The molecular weight excluding hydrogens is 236 g/mol. The van der Waals surface area contributed by atoms with Crippen LogP contribution >= 0.6 is 0 Å². The molecule has 0 spiro atoms. The zero-order valence-electron chi connectivity index (χ0n) is 10.6. The van der Waals surface area contributed by atoms with Crippen LogP contribution in [0.4, 0.5) is 5.69 Å². The van der Waals surface area contributed by atoms with Crippen LogP contribution in [0.5, 0.6) is 0 Å². The number of para-hydroxylation sites is 1. The van der Waals surface area contributed by atoms with Gasteiger partial charge in [-0.25, -0.2) is 0 Å². The number of hydrogen-bond donors (Lipinski definition) is 1. The van der Waals surface area contributed by atoms with E-state index in [1.807, 2.05) is 0 Å². The van der Waals surface area contributed by atoms with Crippen LogP contribution in [0, 0.1) is 10.1 Å². The molecule has 0 heterocycles. The molecule has 98 valence electrons. The summed E-state index contributed by atoms with van der Waals surface area (Å²) in [6, 6.07) is 6.29. The van der Waals surface area contributed by atoms with Crippen LogP contribution in [0.1, 0.15) is 19.4 Å². The van der Waals surface area contributed by atoms with Crippen LogP contribution in [0.25, 0.3) is 0 Å². The summed E-state index contributed by atoms with van der Waals surface area (Å²) < 4.78 is 5.02. The van der Waals surface area contributed by atoms with Crippen molar-refractivity contribution >= 4 is 11.6 Å². The number of hydrogen-bond acceptors (Lipinski definition) is 4. The molecule has 6 heteroatoms. The lowest BCUT2D eigenvalue weighted by Crippen LogP contribution is -2.43. The Morgan fingerprint density at radius 1 is 1.44 bits per heavy atom. The maximum Gasteiger partial charge on any atom is 0.274 e. The average Bonchev–Trinajstić information content (AvgIpc) is 2.36. The zero-order chi connectivity index (χ0) is 13.8. The smallest absolute Gasteiger partial charge is 0.274 e. The standard InChI is InChI=1S/C12H16N2O4/c1-12(2,18-3)11(15)13-8-9-6-4-5-7-10(9)14(16)17/h4-7H,8H2,1-3H3,(H,13,15). The van der Waals surface area contributed by atoms with E-state index in [1.165, 1.54) is 13.2 Å². The molecular formula is C12H16N2O4. The number of nitrogens with zero attached hydrogens (tertiary/aromatic N) is 1. The molecule has 1 aromatic rings. The van der Waals surface area contributed by atoms with Crippen LogP contribution in [-0.2, 0) is 16.1 Å². The summed E-state index contributed by atoms with van der Waals surface area (Å²) in [5.41, 5.74) is -0.500. The van der Waals surface area contributed by atoms with Gasteiger partial charge >= 0.3 is 0 Å². The van der Waals surface area contributed by atoms with Crippen molar-refractivity contribution in [3.8, 4) is 0 Å². The van der Waals surface area contributed by atoms with Gasteiger partial charge in [0.2, 0.25) is 0 Å². The minimum Gasteiger partial charge on any atom is -0.369 e. The van der Waals surface area contributed by atoms with Gasteiger partial charge < -0.3 is 10.1 Å². The third-order valence-electron chi connectivity index (χ3n) is 2.68. The number of carbonyl (C=O) groups excluding carboxylic acids is 1. The predicted molar refractivity (Wildman–Crippen MR) is 66.0 cm³/mol. The molecule has 1 N–H and O–H groups in total. The van der Waals surface area contributed by atoms with Gasteiger partial charge in [0, 0.05) is 25.3 Å². The second-order valence-corrected chi connectivity index (χ2v) is 4.28. The van der Waals surface area contributed by atoms with Crippen molar-refractivity contribution in [2.75, 3.05) is 7.11 Å². The van der Waals surface area contributed by atoms with Crippen molar-refractivity contribution < 1.29 is 14.5 Å². The molecule has 0 aromatic heterocycles. The predicted octanol–water partition coefficient (Wildman–Crippen LogP) is 1.64. The lowest BCUT2D eigenvalue weighted by Gasteiger charge is -2.21. The minimum atomic E-state index is -0.955. The molecule has 0 bridgehead atoms. The number of rotatable bonds is 5. The molecule has 0 saturated heterocycles. The molecule has 0 aliphatic heterocycles. The van der Waals surface area contributed by atoms with Crippen molar-refractivity contribution in [2.45, 2.75) is 26.0 Å². The highest BCUT2D eigenvalue weighted by Crippen LogP contribution is 2.17. The highest BCUT2D eigenvalue weighted by Gasteiger charge is 2.27. The van der Waals surface area contributed by atoms with E-state index in [9.17, 15) is 14.9 Å². The van der Waals surface area contributed by atoms with Crippen molar-refractivity contribution in [1.82, 2.24) is 5.32 Å². The normalized spacial score (nSPS) is 11.1. The number of nitro benzene ring substituents is 1. The maximum absolute atomic E-state index is 11.7. The Bertz CT molecular complexity index is 457. The first-order valence-electron chi connectivity index (χ1n) is 5.44. The molecule has 0 saturated carbocycles. The first-order valence-corrected chi connectivity index (χ1v) is 5.44. The van der Waals surface area contributed by atoms with Gasteiger partial charge in [-0.05, 0) is 13.8 Å². The Labute approximate surface area is 105 Å². The number of carbonyl (C=O) groups is 1. The Morgan fingerprint density at radius 3 is 2.61 bits per heavy atom. The van der Waals surface area contributed by atoms with E-state index >= 15 is 0 Å². The summed E-state index contributed by atoms with van der Waals surface area (Å²) in [4.78, 5) is 22.1. The van der Waals surface area contributed by atoms with Gasteiger partial charge in [0.25, 0.3) is 11.6 Å². The first kappa shape index (κ1) is 14.1. The molecule has 18 heavy (non-hydrogen) atoms. The largest absolute Gasteiger partial charge is 0.369 e. The third-order valence-corrected chi connectivity index (χ3v) is 2.68. The van der Waals surface area contributed by atoms with Gasteiger partial charge in [-0.1, -0.05) is 18.2 Å². The minimum absolute atomic E-state index is 0.00646. The van der Waals surface area contributed by atoms with Crippen molar-refractivity contribution in [2.24, 2.45) is 0 Å². The van der Waals surface area contributed by atoms with E-state index in [2.05, 4.69) is 5.32 Å². The monoisotopic (exact) mass is 252 g/mol. The van der Waals surface area contributed by atoms with Crippen molar-refractivity contribution in [3.63, 3.8) is 0 Å². The molecule has 0 unspecified atom stereocenters. The summed E-state index contributed by atoms with van der Waals surface area (Å²) in [7, 11) is 1.44. The SMILES string of the molecule is COC(C)(C)C(=O)NCc1ccccc1[N+](=O)[O-]. The topological polar surface area (TPSA) is 81.5 Å². The Balaban J connectivity index is 2.76. The van der Waals surface area contributed by atoms with Gasteiger partial charge in [0.15, 0.2) is 0 Å². The summed E-state index contributed by atoms with van der Waals surface area (Å²) in [5.74, 6) is -0.317. The highest BCUT2D eigenvalue weighted by molar-refractivity contribution is 5.84. The van der Waals surface area contributed by atoms with Gasteiger partial charge in [0.05, 0.1) is 4.92 Å². The van der Waals surface area contributed by atoms with Gasteiger partial charge in [-0.2, -0.15) is 0 Å². The van der Waals surface area contributed by atoms with E-state index in [-0.39, 0.29) is 18.1 Å². The quantitative estimate of drug-likeness (QED) is 0.638. The fraction of sp³-hybridized carbons (Fsp3) is 0.417. The maximum atomic E-state index is 11.7. The summed E-state index contributed by atoms with van der Waals surface area (Å²) in [6.07, 6.45) is 0. The molecule has 0 atom stereocenters. The van der Waals surface area contributed by atoms with Crippen molar-refractivity contribution in [1.29, 1.82) is 0 Å². The van der Waals surface area contributed by atoms with Crippen LogP contribution in [0.2, 0.25) is 0 Å². The van der Waals surface area contributed by atoms with E-state index in [0.717, 1.165) is 0 Å². The first-order chi connectivity index (χ1) is 8.38. The zero-order valence-corrected chi connectivity index (χ0v) is 10.6. The Morgan fingerprint density at radius 2 is 2.06 bits per heavy atom. The molecule has 6 nitrogen and oxygen atoms in total. The van der Waals surface area contributed by atoms with Gasteiger partial charge in [0.1, 0.15) is 5.60 Å². The highest BCUT2D eigenvalue weighted by atomic mass is 16.6. The second-order valence-electron chi connectivity index (χ2n) is 4.28. The number of benzene rings is 1. The second kappa shape index (κ2) is 5.59.